The summed E-state index contributed by atoms with van der Waals surface area (Å²) in [5.41, 5.74) is 3.75. The Labute approximate surface area is 148 Å². The maximum Gasteiger partial charge on any atom is 0.319 e. The van der Waals surface area contributed by atoms with E-state index in [0.717, 1.165) is 16.7 Å². The van der Waals surface area contributed by atoms with Gasteiger partial charge in [0.2, 0.25) is 6.79 Å². The van der Waals surface area contributed by atoms with Crippen molar-refractivity contribution >= 4 is 23.1 Å². The summed E-state index contributed by atoms with van der Waals surface area (Å²) in [4.78, 5) is 16.3. The Morgan fingerprint density at radius 2 is 2.04 bits per heavy atom. The maximum absolute atomic E-state index is 12.1. The van der Waals surface area contributed by atoms with Crippen molar-refractivity contribution in [2.24, 2.45) is 0 Å². The van der Waals surface area contributed by atoms with Gasteiger partial charge in [-0.3, -0.25) is 4.98 Å². The predicted molar refractivity (Wildman–Crippen MR) is 96.0 cm³/mol. The minimum Gasteiger partial charge on any atom is -0.454 e. The number of hydrogen-bond donors (Lipinski definition) is 2. The summed E-state index contributed by atoms with van der Waals surface area (Å²) in [6, 6.07) is 9.06. The van der Waals surface area contributed by atoms with Crippen LogP contribution in [0.1, 0.15) is 5.56 Å². The molecule has 1 aromatic carbocycles. The summed E-state index contributed by atoms with van der Waals surface area (Å²) < 4.78 is 10.5. The van der Waals surface area contributed by atoms with Crippen LogP contribution in [0.15, 0.2) is 53.5 Å². The smallest absolute Gasteiger partial charge is 0.319 e. The Morgan fingerprint density at radius 1 is 1.12 bits per heavy atom. The second kappa shape index (κ2) is 6.82. The van der Waals surface area contributed by atoms with E-state index in [2.05, 4.69) is 21.0 Å². The number of pyridine rings is 1. The number of amides is 2. The lowest BCUT2D eigenvalue weighted by molar-refractivity contribution is 0.174. The molecule has 3 heterocycles. The zero-order valence-corrected chi connectivity index (χ0v) is 14.0. The molecule has 1 aliphatic rings. The van der Waals surface area contributed by atoms with Gasteiger partial charge in [0, 0.05) is 36.3 Å². The molecule has 2 N–H and O–H groups in total. The highest BCUT2D eigenvalue weighted by atomic mass is 32.1. The molecule has 0 atom stereocenters. The van der Waals surface area contributed by atoms with Crippen LogP contribution in [0.3, 0.4) is 0 Å². The summed E-state index contributed by atoms with van der Waals surface area (Å²) in [7, 11) is 0. The third-order valence-corrected chi connectivity index (χ3v) is 4.42. The number of benzene rings is 1. The second-order valence-electron chi connectivity index (χ2n) is 5.47. The lowest BCUT2D eigenvalue weighted by Crippen LogP contribution is -2.28. The van der Waals surface area contributed by atoms with Crippen molar-refractivity contribution < 1.29 is 14.3 Å². The number of anilines is 1. The molecule has 0 saturated carbocycles. The first-order valence-corrected chi connectivity index (χ1v) is 8.63. The van der Waals surface area contributed by atoms with E-state index in [1.54, 1.807) is 35.7 Å². The molecule has 3 aromatic rings. The molecule has 6 nitrogen and oxygen atoms in total. The molecular formula is C18H15N3O3S. The summed E-state index contributed by atoms with van der Waals surface area (Å²) >= 11 is 1.64. The molecule has 1 aliphatic heterocycles. The number of nitrogens with one attached hydrogen (secondary N) is 2. The molecule has 25 heavy (non-hydrogen) atoms. The van der Waals surface area contributed by atoms with Gasteiger partial charge in [0.25, 0.3) is 0 Å². The largest absolute Gasteiger partial charge is 0.454 e. The summed E-state index contributed by atoms with van der Waals surface area (Å²) in [5.74, 6) is 1.31. The average molecular weight is 353 g/mol. The fourth-order valence-electron chi connectivity index (χ4n) is 2.50. The highest BCUT2D eigenvalue weighted by molar-refractivity contribution is 7.08. The molecule has 0 fully saturated rings. The number of nitrogens with zero attached hydrogens (tertiary/aromatic N) is 1. The summed E-state index contributed by atoms with van der Waals surface area (Å²) in [6.07, 6.45) is 3.56. The van der Waals surface area contributed by atoms with Crippen LogP contribution in [0, 0.1) is 0 Å². The zero-order valence-electron chi connectivity index (χ0n) is 13.2. The number of carbonyl (C=O) groups is 1. The van der Waals surface area contributed by atoms with Crippen LogP contribution in [0.4, 0.5) is 10.5 Å². The number of thiophene rings is 1. The van der Waals surface area contributed by atoms with Gasteiger partial charge in [-0.25, -0.2) is 4.79 Å². The fourth-order valence-corrected chi connectivity index (χ4v) is 3.17. The number of carbonyl (C=O) groups excluding carboxylic acids is 1. The van der Waals surface area contributed by atoms with E-state index >= 15 is 0 Å². The molecule has 0 spiro atoms. The minimum absolute atomic E-state index is 0.207. The monoisotopic (exact) mass is 353 g/mol. The summed E-state index contributed by atoms with van der Waals surface area (Å²) in [5, 5.41) is 9.70. The molecule has 0 saturated heterocycles. The molecule has 0 aliphatic carbocycles. The van der Waals surface area contributed by atoms with E-state index in [9.17, 15) is 4.79 Å². The van der Waals surface area contributed by atoms with Gasteiger partial charge in [0.15, 0.2) is 11.5 Å². The van der Waals surface area contributed by atoms with E-state index in [4.69, 9.17) is 9.47 Å². The minimum atomic E-state index is -0.292. The van der Waals surface area contributed by atoms with Crippen LogP contribution in [0.25, 0.3) is 11.1 Å². The van der Waals surface area contributed by atoms with E-state index in [0.29, 0.717) is 23.7 Å². The van der Waals surface area contributed by atoms with Gasteiger partial charge < -0.3 is 20.1 Å². The number of aromatic nitrogens is 1. The van der Waals surface area contributed by atoms with E-state index in [-0.39, 0.29) is 12.8 Å². The van der Waals surface area contributed by atoms with E-state index in [1.807, 2.05) is 23.7 Å². The van der Waals surface area contributed by atoms with Crippen molar-refractivity contribution in [1.82, 2.24) is 10.3 Å². The molecule has 126 valence electrons. The van der Waals surface area contributed by atoms with Crippen molar-refractivity contribution in [3.8, 4) is 22.6 Å². The van der Waals surface area contributed by atoms with Crippen LogP contribution < -0.4 is 20.1 Å². The molecule has 0 radical (unpaired) electrons. The number of fused-ring (bicyclic) bond motifs is 1. The molecule has 7 heteroatoms. The molecule has 0 bridgehead atoms. The van der Waals surface area contributed by atoms with Crippen LogP contribution in [0.5, 0.6) is 11.5 Å². The van der Waals surface area contributed by atoms with Crippen LogP contribution in [-0.2, 0) is 6.54 Å². The van der Waals surface area contributed by atoms with Gasteiger partial charge in [0.1, 0.15) is 0 Å². The van der Waals surface area contributed by atoms with Gasteiger partial charge in [0.05, 0.1) is 0 Å². The Bertz CT molecular complexity index is 896. The quantitative estimate of drug-likeness (QED) is 0.747. The highest BCUT2D eigenvalue weighted by Crippen LogP contribution is 2.34. The average Bonchev–Trinajstić information content (AvgIpc) is 3.31. The van der Waals surface area contributed by atoms with Crippen molar-refractivity contribution in [3.05, 3.63) is 59.0 Å². The lowest BCUT2D eigenvalue weighted by Gasteiger charge is -2.09. The highest BCUT2D eigenvalue weighted by Gasteiger charge is 2.14. The predicted octanol–water partition coefficient (Wildman–Crippen LogP) is 3.86. The molecule has 4 rings (SSSR count). The van der Waals surface area contributed by atoms with Crippen LogP contribution in [-0.4, -0.2) is 17.8 Å². The Hall–Kier alpha value is -3.06. The van der Waals surface area contributed by atoms with Crippen LogP contribution in [0.2, 0.25) is 0 Å². The van der Waals surface area contributed by atoms with Gasteiger partial charge in [-0.1, -0.05) is 0 Å². The number of urea groups is 1. The fraction of sp³-hybridized carbons (Fsp3) is 0.111. The maximum atomic E-state index is 12.1. The second-order valence-corrected chi connectivity index (χ2v) is 6.25. The van der Waals surface area contributed by atoms with Crippen LogP contribution >= 0.6 is 11.3 Å². The normalized spacial score (nSPS) is 12.0. The topological polar surface area (TPSA) is 72.5 Å². The molecule has 2 amide bonds. The third kappa shape index (κ3) is 3.56. The Morgan fingerprint density at radius 3 is 2.92 bits per heavy atom. The van der Waals surface area contributed by atoms with Gasteiger partial charge in [-0.15, -0.1) is 0 Å². The SMILES string of the molecule is O=C(NCc1cncc(-c2ccsc2)c1)Nc1ccc2c(c1)OCO2. The lowest BCUT2D eigenvalue weighted by atomic mass is 10.1. The standard InChI is InChI=1S/C18H15N3O3S/c22-18(21-15-1-2-16-17(6-15)24-11-23-16)20-8-12-5-14(9-19-7-12)13-3-4-25-10-13/h1-7,9-10H,8,11H2,(H2,20,21,22). The van der Waals surface area contributed by atoms with Crippen molar-refractivity contribution in [3.63, 3.8) is 0 Å². The van der Waals surface area contributed by atoms with Gasteiger partial charge in [-0.05, 0) is 46.2 Å². The van der Waals surface area contributed by atoms with Gasteiger partial charge in [-0.2, -0.15) is 11.3 Å². The van der Waals surface area contributed by atoms with Crippen molar-refractivity contribution in [2.75, 3.05) is 12.1 Å². The van der Waals surface area contributed by atoms with Crippen molar-refractivity contribution in [1.29, 1.82) is 0 Å². The number of hydrogen-bond acceptors (Lipinski definition) is 5. The molecule has 2 aromatic heterocycles. The Balaban J connectivity index is 1.37. The van der Waals surface area contributed by atoms with E-state index < -0.39 is 0 Å². The number of ether oxygens (including phenoxy) is 2. The first-order valence-electron chi connectivity index (χ1n) is 7.69. The Kier molecular flexibility index (Phi) is 4.22. The summed E-state index contributed by atoms with van der Waals surface area (Å²) in [6.45, 7) is 0.597. The van der Waals surface area contributed by atoms with Crippen molar-refractivity contribution in [2.45, 2.75) is 6.54 Å². The van der Waals surface area contributed by atoms with Gasteiger partial charge >= 0.3 is 6.03 Å². The van der Waals surface area contributed by atoms with E-state index in [1.165, 1.54) is 0 Å². The number of rotatable bonds is 4. The third-order valence-electron chi connectivity index (χ3n) is 3.73. The first-order chi connectivity index (χ1) is 12.3. The molecular weight excluding hydrogens is 338 g/mol. The molecule has 0 unspecified atom stereocenters. The zero-order chi connectivity index (χ0) is 17.1. The first kappa shape index (κ1) is 15.5.